The van der Waals surface area contributed by atoms with Crippen LogP contribution >= 0.6 is 11.6 Å². The van der Waals surface area contributed by atoms with Gasteiger partial charge in [0.2, 0.25) is 0 Å². The summed E-state index contributed by atoms with van der Waals surface area (Å²) in [6, 6.07) is 1.66. The van der Waals surface area contributed by atoms with Crippen molar-refractivity contribution in [1.29, 1.82) is 0 Å². The van der Waals surface area contributed by atoms with Gasteiger partial charge in [-0.05, 0) is 18.4 Å². The van der Waals surface area contributed by atoms with Gasteiger partial charge >= 0.3 is 0 Å². The lowest BCUT2D eigenvalue weighted by Gasteiger charge is -2.12. The molecule has 4 nitrogen and oxygen atoms in total. The third-order valence-electron chi connectivity index (χ3n) is 2.10. The van der Waals surface area contributed by atoms with E-state index in [0.29, 0.717) is 22.4 Å². The highest BCUT2D eigenvalue weighted by molar-refractivity contribution is 6.33. The van der Waals surface area contributed by atoms with E-state index in [1.807, 2.05) is 0 Å². The number of hydrogen-bond donors (Lipinski definition) is 3. The molecule has 0 aliphatic rings. The minimum Gasteiger partial charge on any atom is -0.397 e. The minimum absolute atomic E-state index is 0.200. The van der Waals surface area contributed by atoms with Gasteiger partial charge in [-0.3, -0.25) is 0 Å². The van der Waals surface area contributed by atoms with Gasteiger partial charge in [-0.2, -0.15) is 0 Å². The van der Waals surface area contributed by atoms with Crippen LogP contribution in [0.5, 0.6) is 0 Å². The summed E-state index contributed by atoms with van der Waals surface area (Å²) in [6.07, 6.45) is 2.32. The summed E-state index contributed by atoms with van der Waals surface area (Å²) in [7, 11) is 0. The number of halogens is 1. The van der Waals surface area contributed by atoms with Crippen molar-refractivity contribution in [3.63, 3.8) is 0 Å². The van der Waals surface area contributed by atoms with Crippen molar-refractivity contribution in [2.45, 2.75) is 13.3 Å². The summed E-state index contributed by atoms with van der Waals surface area (Å²) in [5, 5.41) is 12.4. The first kappa shape index (κ1) is 12.1. The minimum atomic E-state index is 0.200. The number of pyridine rings is 1. The highest BCUT2D eigenvalue weighted by atomic mass is 35.5. The maximum Gasteiger partial charge on any atom is 0.144 e. The first-order valence-electron chi connectivity index (χ1n) is 4.89. The van der Waals surface area contributed by atoms with E-state index in [1.54, 1.807) is 12.3 Å². The normalized spacial score (nSPS) is 12.5. The summed E-state index contributed by atoms with van der Waals surface area (Å²) in [5.74, 6) is 1.01. The third kappa shape index (κ3) is 3.93. The van der Waals surface area contributed by atoms with Gasteiger partial charge in [-0.1, -0.05) is 18.5 Å². The Bertz CT molecular complexity index is 320. The Kier molecular flexibility index (Phi) is 4.65. The van der Waals surface area contributed by atoms with Gasteiger partial charge in [-0.15, -0.1) is 0 Å². The largest absolute Gasteiger partial charge is 0.397 e. The van der Waals surface area contributed by atoms with Crippen LogP contribution in [0.2, 0.25) is 5.02 Å². The number of anilines is 2. The molecule has 0 bridgehead atoms. The number of aliphatic hydroxyl groups excluding tert-OH is 1. The van der Waals surface area contributed by atoms with Crippen LogP contribution in [0.3, 0.4) is 0 Å². The Labute approximate surface area is 94.5 Å². The van der Waals surface area contributed by atoms with E-state index >= 15 is 0 Å². The second-order valence-electron chi connectivity index (χ2n) is 3.60. The molecule has 0 radical (unpaired) electrons. The standard InChI is InChI=1S/C10H16ClN3O/c1-7(2-3-15)5-13-10-9(11)4-8(12)6-14-10/h4,6-7,15H,2-3,5,12H2,1H3,(H,13,14). The lowest BCUT2D eigenvalue weighted by molar-refractivity contribution is 0.266. The maximum absolute atomic E-state index is 8.74. The Morgan fingerprint density at radius 2 is 2.40 bits per heavy atom. The number of nitrogens with zero attached hydrogens (tertiary/aromatic N) is 1. The molecule has 1 aromatic rings. The molecule has 1 aromatic heterocycles. The second kappa shape index (κ2) is 5.78. The van der Waals surface area contributed by atoms with Crippen LogP contribution in [0.15, 0.2) is 12.3 Å². The van der Waals surface area contributed by atoms with Gasteiger partial charge in [0.15, 0.2) is 0 Å². The van der Waals surface area contributed by atoms with E-state index in [-0.39, 0.29) is 6.61 Å². The lowest BCUT2D eigenvalue weighted by Crippen LogP contribution is -2.13. The Hall–Kier alpha value is -1.00. The average Bonchev–Trinajstić information content (AvgIpc) is 2.17. The van der Waals surface area contributed by atoms with Gasteiger partial charge in [0.25, 0.3) is 0 Å². The zero-order valence-corrected chi connectivity index (χ0v) is 9.46. The predicted octanol–water partition coefficient (Wildman–Crippen LogP) is 1.75. The zero-order valence-electron chi connectivity index (χ0n) is 8.70. The van der Waals surface area contributed by atoms with Crippen molar-refractivity contribution in [1.82, 2.24) is 4.98 Å². The van der Waals surface area contributed by atoms with Crippen LogP contribution in [0.4, 0.5) is 11.5 Å². The molecular formula is C10H16ClN3O. The molecule has 0 aliphatic heterocycles. The highest BCUT2D eigenvalue weighted by Crippen LogP contribution is 2.21. The fourth-order valence-electron chi connectivity index (χ4n) is 1.18. The molecule has 0 spiro atoms. The van der Waals surface area contributed by atoms with E-state index in [0.717, 1.165) is 13.0 Å². The lowest BCUT2D eigenvalue weighted by atomic mass is 10.1. The molecular weight excluding hydrogens is 214 g/mol. The Morgan fingerprint density at radius 1 is 1.67 bits per heavy atom. The molecule has 84 valence electrons. The van der Waals surface area contributed by atoms with E-state index in [4.69, 9.17) is 22.4 Å². The van der Waals surface area contributed by atoms with Crippen molar-refractivity contribution in [2.24, 2.45) is 5.92 Å². The summed E-state index contributed by atoms with van der Waals surface area (Å²) in [6.45, 7) is 2.98. The first-order chi connectivity index (χ1) is 7.13. The number of nitrogen functional groups attached to an aromatic ring is 1. The summed E-state index contributed by atoms with van der Waals surface area (Å²) < 4.78 is 0. The van der Waals surface area contributed by atoms with Crippen LogP contribution in [0, 0.1) is 5.92 Å². The van der Waals surface area contributed by atoms with Gasteiger partial charge in [-0.25, -0.2) is 4.98 Å². The highest BCUT2D eigenvalue weighted by Gasteiger charge is 2.04. The monoisotopic (exact) mass is 229 g/mol. The quantitative estimate of drug-likeness (QED) is 0.720. The van der Waals surface area contributed by atoms with Crippen molar-refractivity contribution in [2.75, 3.05) is 24.2 Å². The van der Waals surface area contributed by atoms with Crippen LogP contribution in [0.1, 0.15) is 13.3 Å². The fraction of sp³-hybridized carbons (Fsp3) is 0.500. The summed E-state index contributed by atoms with van der Waals surface area (Å²) in [4.78, 5) is 4.08. The molecule has 5 heteroatoms. The third-order valence-corrected chi connectivity index (χ3v) is 2.39. The van der Waals surface area contributed by atoms with Crippen LogP contribution in [-0.2, 0) is 0 Å². The molecule has 0 saturated heterocycles. The Balaban J connectivity index is 2.50. The molecule has 1 rings (SSSR count). The van der Waals surface area contributed by atoms with Gasteiger partial charge in [0, 0.05) is 13.2 Å². The number of aromatic nitrogens is 1. The van der Waals surface area contributed by atoms with E-state index in [2.05, 4.69) is 17.2 Å². The SMILES string of the molecule is CC(CCO)CNc1ncc(N)cc1Cl. The molecule has 0 amide bonds. The van der Waals surface area contributed by atoms with Crippen LogP contribution in [0.25, 0.3) is 0 Å². The molecule has 4 N–H and O–H groups in total. The molecule has 0 aromatic carbocycles. The summed E-state index contributed by atoms with van der Waals surface area (Å²) >= 11 is 5.94. The van der Waals surface area contributed by atoms with E-state index in [9.17, 15) is 0 Å². The first-order valence-corrected chi connectivity index (χ1v) is 5.27. The molecule has 0 fully saturated rings. The fourth-order valence-corrected chi connectivity index (χ4v) is 1.42. The van der Waals surface area contributed by atoms with Gasteiger partial charge in [0.1, 0.15) is 5.82 Å². The van der Waals surface area contributed by atoms with Gasteiger partial charge < -0.3 is 16.2 Å². The topological polar surface area (TPSA) is 71.2 Å². The maximum atomic E-state index is 8.74. The molecule has 1 atom stereocenters. The van der Waals surface area contributed by atoms with E-state index in [1.165, 1.54) is 0 Å². The van der Waals surface area contributed by atoms with Crippen molar-refractivity contribution < 1.29 is 5.11 Å². The number of nitrogens with one attached hydrogen (secondary N) is 1. The molecule has 0 aliphatic carbocycles. The predicted molar refractivity (Wildman–Crippen MR) is 63.0 cm³/mol. The second-order valence-corrected chi connectivity index (χ2v) is 4.00. The Morgan fingerprint density at radius 3 is 3.00 bits per heavy atom. The molecule has 15 heavy (non-hydrogen) atoms. The number of rotatable bonds is 5. The molecule has 1 heterocycles. The van der Waals surface area contributed by atoms with Crippen molar-refractivity contribution in [3.05, 3.63) is 17.3 Å². The van der Waals surface area contributed by atoms with Crippen LogP contribution in [-0.4, -0.2) is 23.2 Å². The smallest absolute Gasteiger partial charge is 0.144 e. The number of aliphatic hydroxyl groups is 1. The van der Waals surface area contributed by atoms with Crippen molar-refractivity contribution in [3.8, 4) is 0 Å². The number of nitrogens with two attached hydrogens (primary N) is 1. The average molecular weight is 230 g/mol. The molecule has 1 unspecified atom stereocenters. The van der Waals surface area contributed by atoms with Crippen molar-refractivity contribution >= 4 is 23.1 Å². The number of hydrogen-bond acceptors (Lipinski definition) is 4. The molecule has 0 saturated carbocycles. The summed E-state index contributed by atoms with van der Waals surface area (Å²) in [5.41, 5.74) is 6.07. The van der Waals surface area contributed by atoms with E-state index < -0.39 is 0 Å². The van der Waals surface area contributed by atoms with Crippen LogP contribution < -0.4 is 11.1 Å². The zero-order chi connectivity index (χ0) is 11.3. The van der Waals surface area contributed by atoms with Gasteiger partial charge in [0.05, 0.1) is 16.9 Å².